The number of pyridine rings is 1. The maximum atomic E-state index is 11.8. The van der Waals surface area contributed by atoms with Crippen LogP contribution in [0.2, 0.25) is 0 Å². The van der Waals surface area contributed by atoms with Crippen LogP contribution >= 0.6 is 0 Å². The first-order valence-electron chi connectivity index (χ1n) is 5.84. The third kappa shape index (κ3) is 3.44. The van der Waals surface area contributed by atoms with E-state index < -0.39 is 0 Å². The predicted octanol–water partition coefficient (Wildman–Crippen LogP) is 1.88. The zero-order valence-electron chi connectivity index (χ0n) is 11.0. The number of rotatable bonds is 4. The average Bonchev–Trinajstić information content (AvgIpc) is 2.26. The van der Waals surface area contributed by atoms with Crippen molar-refractivity contribution < 1.29 is 4.79 Å². The lowest BCUT2D eigenvalue weighted by atomic mass is 9.85. The highest BCUT2D eigenvalue weighted by atomic mass is 16.2. The van der Waals surface area contributed by atoms with Gasteiger partial charge in [0.05, 0.1) is 0 Å². The highest BCUT2D eigenvalue weighted by Gasteiger charge is 2.22. The number of aromatic nitrogens is 1. The average molecular weight is 235 g/mol. The molecule has 0 bridgehead atoms. The molecule has 0 fully saturated rings. The standard InChI is InChI=1S/C13H21N3O/c1-9(2)11(8-12(17)16(3)4)10-6-5-7-15-13(10)14/h5-7,9,11H,8H2,1-4H3,(H2,14,15)/t11-/m0/s1. The summed E-state index contributed by atoms with van der Waals surface area (Å²) in [5.74, 6) is 1.12. The second-order valence-corrected chi connectivity index (χ2v) is 4.82. The fraction of sp³-hybridized carbons (Fsp3) is 0.538. The van der Waals surface area contributed by atoms with E-state index in [4.69, 9.17) is 5.73 Å². The molecule has 0 saturated heterocycles. The van der Waals surface area contributed by atoms with Gasteiger partial charge in [0.15, 0.2) is 0 Å². The van der Waals surface area contributed by atoms with Crippen molar-refractivity contribution in [1.29, 1.82) is 0 Å². The van der Waals surface area contributed by atoms with E-state index >= 15 is 0 Å². The molecule has 1 heterocycles. The first-order chi connectivity index (χ1) is 7.93. The summed E-state index contributed by atoms with van der Waals surface area (Å²) in [6.45, 7) is 4.19. The van der Waals surface area contributed by atoms with Crippen LogP contribution in [-0.2, 0) is 4.79 Å². The second-order valence-electron chi connectivity index (χ2n) is 4.82. The van der Waals surface area contributed by atoms with E-state index in [1.165, 1.54) is 0 Å². The summed E-state index contributed by atoms with van der Waals surface area (Å²) in [5, 5.41) is 0. The van der Waals surface area contributed by atoms with Crippen LogP contribution in [0.5, 0.6) is 0 Å². The molecule has 0 aliphatic rings. The maximum Gasteiger partial charge on any atom is 0.222 e. The summed E-state index contributed by atoms with van der Waals surface area (Å²) in [6.07, 6.45) is 2.14. The van der Waals surface area contributed by atoms with E-state index in [9.17, 15) is 4.79 Å². The summed E-state index contributed by atoms with van der Waals surface area (Å²) < 4.78 is 0. The van der Waals surface area contributed by atoms with Crippen molar-refractivity contribution in [3.8, 4) is 0 Å². The van der Waals surface area contributed by atoms with Crippen molar-refractivity contribution in [3.05, 3.63) is 23.9 Å². The van der Waals surface area contributed by atoms with Crippen LogP contribution in [0.4, 0.5) is 5.82 Å². The molecule has 0 spiro atoms. The predicted molar refractivity (Wildman–Crippen MR) is 69.5 cm³/mol. The Labute approximate surface area is 103 Å². The molecule has 0 radical (unpaired) electrons. The lowest BCUT2D eigenvalue weighted by molar-refractivity contribution is -0.129. The molecule has 0 aromatic carbocycles. The number of carbonyl (C=O) groups is 1. The molecule has 0 unspecified atom stereocenters. The Hall–Kier alpha value is -1.58. The first kappa shape index (κ1) is 13.5. The molecule has 1 atom stereocenters. The van der Waals surface area contributed by atoms with Gasteiger partial charge in [-0.3, -0.25) is 4.79 Å². The molecule has 94 valence electrons. The summed E-state index contributed by atoms with van der Waals surface area (Å²) >= 11 is 0. The van der Waals surface area contributed by atoms with Crippen molar-refractivity contribution in [3.63, 3.8) is 0 Å². The van der Waals surface area contributed by atoms with Gasteiger partial charge in [-0.05, 0) is 23.5 Å². The number of hydrogen-bond donors (Lipinski definition) is 1. The zero-order valence-corrected chi connectivity index (χ0v) is 11.0. The Bertz CT molecular complexity index is 388. The van der Waals surface area contributed by atoms with Crippen LogP contribution < -0.4 is 5.73 Å². The minimum Gasteiger partial charge on any atom is -0.383 e. The van der Waals surface area contributed by atoms with E-state index in [0.717, 1.165) is 5.56 Å². The lowest BCUT2D eigenvalue weighted by Crippen LogP contribution is -2.25. The van der Waals surface area contributed by atoms with E-state index in [2.05, 4.69) is 18.8 Å². The van der Waals surface area contributed by atoms with Crippen molar-refractivity contribution in [1.82, 2.24) is 9.88 Å². The quantitative estimate of drug-likeness (QED) is 0.866. The normalized spacial score (nSPS) is 12.5. The van der Waals surface area contributed by atoms with Crippen molar-refractivity contribution >= 4 is 11.7 Å². The molecule has 1 aromatic rings. The zero-order chi connectivity index (χ0) is 13.0. The van der Waals surface area contributed by atoms with Crippen LogP contribution in [0.1, 0.15) is 31.7 Å². The number of amides is 1. The van der Waals surface area contributed by atoms with Crippen LogP contribution in [0.25, 0.3) is 0 Å². The molecule has 0 aliphatic heterocycles. The summed E-state index contributed by atoms with van der Waals surface area (Å²) in [5.41, 5.74) is 6.85. The number of nitrogens with two attached hydrogens (primary N) is 1. The fourth-order valence-electron chi connectivity index (χ4n) is 1.82. The number of carbonyl (C=O) groups excluding carboxylic acids is 1. The lowest BCUT2D eigenvalue weighted by Gasteiger charge is -2.23. The molecular weight excluding hydrogens is 214 g/mol. The van der Waals surface area contributed by atoms with Crippen LogP contribution in [0, 0.1) is 5.92 Å². The first-order valence-corrected chi connectivity index (χ1v) is 5.84. The molecule has 1 rings (SSSR count). The third-order valence-electron chi connectivity index (χ3n) is 2.97. The number of nitrogens with zero attached hydrogens (tertiary/aromatic N) is 2. The van der Waals surface area contributed by atoms with Crippen molar-refractivity contribution in [2.75, 3.05) is 19.8 Å². The van der Waals surface area contributed by atoms with Gasteiger partial charge in [0.1, 0.15) is 5.82 Å². The highest BCUT2D eigenvalue weighted by Crippen LogP contribution is 2.31. The van der Waals surface area contributed by atoms with Gasteiger partial charge >= 0.3 is 0 Å². The topological polar surface area (TPSA) is 59.2 Å². The van der Waals surface area contributed by atoms with Gasteiger partial charge < -0.3 is 10.6 Å². The van der Waals surface area contributed by atoms with Gasteiger partial charge in [0, 0.05) is 26.7 Å². The van der Waals surface area contributed by atoms with Gasteiger partial charge in [-0.25, -0.2) is 4.98 Å². The van der Waals surface area contributed by atoms with Crippen molar-refractivity contribution in [2.45, 2.75) is 26.2 Å². The van der Waals surface area contributed by atoms with Crippen LogP contribution in [0.3, 0.4) is 0 Å². The largest absolute Gasteiger partial charge is 0.383 e. The van der Waals surface area contributed by atoms with Gasteiger partial charge in [-0.2, -0.15) is 0 Å². The summed E-state index contributed by atoms with van der Waals surface area (Å²) in [7, 11) is 3.54. The molecule has 4 nitrogen and oxygen atoms in total. The minimum absolute atomic E-state index is 0.118. The SMILES string of the molecule is CC(C)[C@H](CC(=O)N(C)C)c1cccnc1N. The second kappa shape index (κ2) is 5.66. The van der Waals surface area contributed by atoms with E-state index in [1.54, 1.807) is 25.2 Å². The number of nitrogen functional groups attached to an aromatic ring is 1. The van der Waals surface area contributed by atoms with Gasteiger partial charge in [-0.1, -0.05) is 19.9 Å². The monoisotopic (exact) mass is 235 g/mol. The Morgan fingerprint density at radius 1 is 1.47 bits per heavy atom. The molecule has 0 saturated carbocycles. The highest BCUT2D eigenvalue weighted by molar-refractivity contribution is 5.76. The molecule has 17 heavy (non-hydrogen) atoms. The Kier molecular flexibility index (Phi) is 4.49. The van der Waals surface area contributed by atoms with Crippen LogP contribution in [-0.4, -0.2) is 29.9 Å². The maximum absolute atomic E-state index is 11.8. The van der Waals surface area contributed by atoms with Gasteiger partial charge in [0.2, 0.25) is 5.91 Å². The van der Waals surface area contributed by atoms with E-state index in [-0.39, 0.29) is 11.8 Å². The summed E-state index contributed by atoms with van der Waals surface area (Å²) in [4.78, 5) is 17.5. The third-order valence-corrected chi connectivity index (χ3v) is 2.97. The molecule has 1 amide bonds. The van der Waals surface area contributed by atoms with Crippen LogP contribution in [0.15, 0.2) is 18.3 Å². The molecule has 2 N–H and O–H groups in total. The Balaban J connectivity index is 2.95. The van der Waals surface area contributed by atoms with E-state index in [0.29, 0.717) is 18.2 Å². The fourth-order valence-corrected chi connectivity index (χ4v) is 1.82. The number of anilines is 1. The molecular formula is C13H21N3O. The van der Waals surface area contributed by atoms with Crippen molar-refractivity contribution in [2.24, 2.45) is 5.92 Å². The smallest absolute Gasteiger partial charge is 0.222 e. The molecule has 0 aliphatic carbocycles. The minimum atomic E-state index is 0.118. The Morgan fingerprint density at radius 3 is 2.59 bits per heavy atom. The summed E-state index contributed by atoms with van der Waals surface area (Å²) in [6, 6.07) is 3.82. The van der Waals surface area contributed by atoms with Gasteiger partial charge in [-0.15, -0.1) is 0 Å². The Morgan fingerprint density at radius 2 is 2.12 bits per heavy atom. The van der Waals surface area contributed by atoms with E-state index in [1.807, 2.05) is 12.1 Å². The molecule has 4 heteroatoms. The molecule has 1 aromatic heterocycles. The van der Waals surface area contributed by atoms with Gasteiger partial charge in [0.25, 0.3) is 0 Å². The number of hydrogen-bond acceptors (Lipinski definition) is 3.